The lowest BCUT2D eigenvalue weighted by Gasteiger charge is -2.46. The monoisotopic (exact) mass is 506 g/mol. The molecular weight excluding hydrogens is 472 g/mol. The van der Waals surface area contributed by atoms with Crippen LogP contribution in [0.4, 0.5) is 0 Å². The fraction of sp³-hybridized carbons (Fsp3) is 0.633. The fourth-order valence-corrected chi connectivity index (χ4v) is 10.1. The molecule has 1 unspecified atom stereocenters. The van der Waals surface area contributed by atoms with E-state index in [1.807, 2.05) is 39.8 Å². The minimum absolute atomic E-state index is 0.0743. The topological polar surface area (TPSA) is 110 Å². The molecule has 2 heterocycles. The van der Waals surface area contributed by atoms with Crippen LogP contribution >= 0.6 is 0 Å². The molecule has 7 aliphatic rings. The molecule has 2 aliphatic heterocycles. The van der Waals surface area contributed by atoms with Crippen molar-refractivity contribution in [2.45, 2.75) is 77.3 Å². The maximum atomic E-state index is 14.2. The van der Waals surface area contributed by atoms with Crippen LogP contribution in [-0.4, -0.2) is 51.8 Å². The Labute approximate surface area is 216 Å². The first kappa shape index (κ1) is 23.6. The molecule has 0 aromatic rings. The van der Waals surface area contributed by atoms with E-state index >= 15 is 0 Å². The van der Waals surface area contributed by atoms with Crippen molar-refractivity contribution in [2.75, 3.05) is 0 Å². The number of aliphatic hydroxyl groups excluding tert-OH is 1. The number of carbonyl (C=O) groups is 3. The van der Waals surface area contributed by atoms with Gasteiger partial charge >= 0.3 is 11.9 Å². The van der Waals surface area contributed by atoms with Gasteiger partial charge in [-0.3, -0.25) is 9.59 Å². The summed E-state index contributed by atoms with van der Waals surface area (Å²) in [4.78, 5) is 39.8. The highest BCUT2D eigenvalue weighted by molar-refractivity contribution is 6.09. The van der Waals surface area contributed by atoms with E-state index in [1.54, 1.807) is 6.08 Å². The Kier molecular flexibility index (Phi) is 4.29. The standard InChI is InChI=1S/C30H34O7/c1-13-11-18(32)21-23(20-14(2)10-17(31)19(13)20)37-26(34)30(21)12-29-9-8-27(30,4)24(29)22-16(6-7-28(29,5)35)15(3)25(33)36-22/h8-10,16,18,20-24,32,35H,3,6-7,11-12H2,1-2,4-5H3/t16-,18-,20-,21+,22-,23+,24-,27+,28+,29+,30?/m0/s1. The van der Waals surface area contributed by atoms with Gasteiger partial charge in [0.15, 0.2) is 5.78 Å². The van der Waals surface area contributed by atoms with Crippen LogP contribution in [0.1, 0.15) is 53.4 Å². The number of ether oxygens (including phenoxy) is 2. The van der Waals surface area contributed by atoms with E-state index in [0.29, 0.717) is 30.4 Å². The Hall–Kier alpha value is -2.51. The van der Waals surface area contributed by atoms with Gasteiger partial charge in [-0.1, -0.05) is 36.8 Å². The number of rotatable bonds is 0. The maximum absolute atomic E-state index is 14.2. The number of ketones is 1. The average Bonchev–Trinajstić information content (AvgIpc) is 3.48. The Bertz CT molecular complexity index is 1300. The molecule has 196 valence electrons. The minimum atomic E-state index is -1.17. The number of hydrogen-bond acceptors (Lipinski definition) is 7. The van der Waals surface area contributed by atoms with Gasteiger partial charge in [0, 0.05) is 45.6 Å². The van der Waals surface area contributed by atoms with Crippen LogP contribution in [-0.2, 0) is 23.9 Å². The summed E-state index contributed by atoms with van der Waals surface area (Å²) in [5, 5.41) is 23.8. The number of aliphatic hydroxyl groups is 2. The van der Waals surface area contributed by atoms with Crippen molar-refractivity contribution in [3.8, 4) is 0 Å². The first-order chi connectivity index (χ1) is 17.3. The summed E-state index contributed by atoms with van der Waals surface area (Å²) < 4.78 is 12.2. The molecule has 37 heavy (non-hydrogen) atoms. The third-order valence-electron chi connectivity index (χ3n) is 11.8. The molecule has 1 spiro atoms. The van der Waals surface area contributed by atoms with Crippen molar-refractivity contribution >= 4 is 17.7 Å². The van der Waals surface area contributed by atoms with Gasteiger partial charge in [0.2, 0.25) is 0 Å². The zero-order chi connectivity index (χ0) is 26.4. The third-order valence-corrected chi connectivity index (χ3v) is 11.8. The molecule has 7 rings (SSSR count). The lowest BCUT2D eigenvalue weighted by Crippen LogP contribution is -2.52. The Balaban J connectivity index is 1.43. The molecule has 0 amide bonds. The highest BCUT2D eigenvalue weighted by atomic mass is 16.6. The van der Waals surface area contributed by atoms with Crippen LogP contribution in [0, 0.1) is 39.9 Å². The van der Waals surface area contributed by atoms with Crippen molar-refractivity contribution in [3.63, 3.8) is 0 Å². The quantitative estimate of drug-likeness (QED) is 0.295. The SMILES string of the molecule is C=C1C(=O)O[C@H]2[C@H]1CC[C@@](C)(O)[C@@]13C=C[C@](C)([C@H]21)C1(C3)C(=O)O[C@@H]2[C@H]3C(C)=CC(=O)C3=C(C)C[C@H](O)[C@H]21. The lowest BCUT2D eigenvalue weighted by molar-refractivity contribution is -0.155. The molecule has 0 aromatic heterocycles. The predicted molar refractivity (Wildman–Crippen MR) is 132 cm³/mol. The molecule has 0 aromatic carbocycles. The molecule has 0 radical (unpaired) electrons. The molecule has 2 bridgehead atoms. The second-order valence-electron chi connectivity index (χ2n) is 13.2. The maximum Gasteiger partial charge on any atom is 0.334 e. The number of hydrogen-bond donors (Lipinski definition) is 2. The minimum Gasteiger partial charge on any atom is -0.460 e. The van der Waals surface area contributed by atoms with E-state index in [0.717, 1.165) is 11.1 Å². The Morgan fingerprint density at radius 2 is 1.81 bits per heavy atom. The highest BCUT2D eigenvalue weighted by Gasteiger charge is 2.84. The average molecular weight is 507 g/mol. The molecule has 2 saturated carbocycles. The summed E-state index contributed by atoms with van der Waals surface area (Å²) >= 11 is 0. The number of fused-ring (bicyclic) bond motifs is 6. The van der Waals surface area contributed by atoms with Gasteiger partial charge in [0.1, 0.15) is 12.2 Å². The molecule has 4 fully saturated rings. The summed E-state index contributed by atoms with van der Waals surface area (Å²) in [6, 6.07) is 0. The normalized spacial score (nSPS) is 53.5. The van der Waals surface area contributed by atoms with E-state index in [-0.39, 0.29) is 35.9 Å². The van der Waals surface area contributed by atoms with E-state index in [4.69, 9.17) is 9.47 Å². The summed E-state index contributed by atoms with van der Waals surface area (Å²) in [7, 11) is 0. The number of carbonyl (C=O) groups excluding carboxylic acids is 3. The fourth-order valence-electron chi connectivity index (χ4n) is 10.1. The molecule has 11 atom stereocenters. The van der Waals surface area contributed by atoms with Crippen LogP contribution < -0.4 is 0 Å². The summed E-state index contributed by atoms with van der Waals surface area (Å²) in [6.45, 7) is 11.6. The van der Waals surface area contributed by atoms with Crippen LogP contribution in [0.3, 0.4) is 0 Å². The van der Waals surface area contributed by atoms with Gasteiger partial charge in [-0.2, -0.15) is 0 Å². The molecular formula is C30H34O7. The number of allylic oxidation sites excluding steroid dienone is 2. The van der Waals surface area contributed by atoms with Crippen molar-refractivity contribution < 1.29 is 34.1 Å². The second-order valence-corrected chi connectivity index (χ2v) is 13.2. The Morgan fingerprint density at radius 3 is 2.54 bits per heavy atom. The van der Waals surface area contributed by atoms with Crippen LogP contribution in [0.25, 0.3) is 0 Å². The smallest absolute Gasteiger partial charge is 0.334 e. The second kappa shape index (κ2) is 6.73. The first-order valence-electron chi connectivity index (χ1n) is 13.4. The van der Waals surface area contributed by atoms with Gasteiger partial charge in [-0.05, 0) is 52.5 Å². The molecule has 7 nitrogen and oxygen atoms in total. The largest absolute Gasteiger partial charge is 0.460 e. The van der Waals surface area contributed by atoms with E-state index < -0.39 is 52.0 Å². The van der Waals surface area contributed by atoms with Gasteiger partial charge < -0.3 is 19.7 Å². The van der Waals surface area contributed by atoms with Crippen molar-refractivity contribution in [1.82, 2.24) is 0 Å². The highest BCUT2D eigenvalue weighted by Crippen LogP contribution is 2.80. The summed E-state index contributed by atoms with van der Waals surface area (Å²) in [6.07, 6.45) is 5.20. The van der Waals surface area contributed by atoms with Crippen LogP contribution in [0.2, 0.25) is 0 Å². The van der Waals surface area contributed by atoms with Crippen LogP contribution in [0.15, 0.2) is 47.1 Å². The van der Waals surface area contributed by atoms with Gasteiger partial charge in [-0.25, -0.2) is 4.79 Å². The van der Waals surface area contributed by atoms with E-state index in [1.165, 1.54) is 0 Å². The number of esters is 2. The van der Waals surface area contributed by atoms with Gasteiger partial charge in [-0.15, -0.1) is 0 Å². The summed E-state index contributed by atoms with van der Waals surface area (Å²) in [5.41, 5.74) is -1.24. The lowest BCUT2D eigenvalue weighted by atomic mass is 9.54. The van der Waals surface area contributed by atoms with E-state index in [2.05, 4.69) is 6.58 Å². The molecule has 5 aliphatic carbocycles. The summed E-state index contributed by atoms with van der Waals surface area (Å²) in [5.74, 6) is -2.45. The molecule has 2 saturated heterocycles. The van der Waals surface area contributed by atoms with Gasteiger partial charge in [0.25, 0.3) is 0 Å². The third kappa shape index (κ3) is 2.37. The Morgan fingerprint density at radius 1 is 1.08 bits per heavy atom. The molecule has 2 N–H and O–H groups in total. The zero-order valence-corrected chi connectivity index (χ0v) is 21.7. The predicted octanol–water partition coefficient (Wildman–Crippen LogP) is 2.97. The van der Waals surface area contributed by atoms with E-state index in [9.17, 15) is 24.6 Å². The van der Waals surface area contributed by atoms with Gasteiger partial charge in [0.05, 0.1) is 17.1 Å². The first-order valence-corrected chi connectivity index (χ1v) is 13.4. The van der Waals surface area contributed by atoms with Crippen molar-refractivity contribution in [2.24, 2.45) is 39.9 Å². The van der Waals surface area contributed by atoms with Crippen molar-refractivity contribution in [1.29, 1.82) is 0 Å². The van der Waals surface area contributed by atoms with Crippen molar-refractivity contribution in [3.05, 3.63) is 47.1 Å². The molecule has 7 heteroatoms. The van der Waals surface area contributed by atoms with Crippen LogP contribution in [0.5, 0.6) is 0 Å². The zero-order valence-electron chi connectivity index (χ0n) is 21.7.